The highest BCUT2D eigenvalue weighted by atomic mass is 32.2. The van der Waals surface area contributed by atoms with Crippen LogP contribution in [0.25, 0.3) is 5.69 Å². The lowest BCUT2D eigenvalue weighted by Gasteiger charge is -2.16. The van der Waals surface area contributed by atoms with E-state index in [-0.39, 0.29) is 11.2 Å². The Kier molecular flexibility index (Phi) is 7.47. The zero-order valence-electron chi connectivity index (χ0n) is 17.2. The van der Waals surface area contributed by atoms with Crippen molar-refractivity contribution in [3.05, 3.63) is 71.5 Å². The van der Waals surface area contributed by atoms with E-state index < -0.39 is 0 Å². The predicted molar refractivity (Wildman–Crippen MR) is 117 cm³/mol. The molecule has 0 aliphatic heterocycles. The zero-order chi connectivity index (χ0) is 20.6. The Hall–Kier alpha value is -2.60. The number of hydrogen-bond acceptors (Lipinski definition) is 5. The van der Waals surface area contributed by atoms with E-state index in [9.17, 15) is 4.79 Å². The highest BCUT2D eigenvalue weighted by molar-refractivity contribution is 8.00. The lowest BCUT2D eigenvalue weighted by atomic mass is 10.1. The predicted octanol–water partition coefficient (Wildman–Crippen LogP) is 4.99. The van der Waals surface area contributed by atoms with Gasteiger partial charge in [0.1, 0.15) is 11.1 Å². The van der Waals surface area contributed by atoms with Crippen LogP contribution in [0.15, 0.2) is 59.8 Å². The molecule has 6 heteroatoms. The van der Waals surface area contributed by atoms with Crippen molar-refractivity contribution in [1.82, 2.24) is 14.8 Å². The normalized spacial score (nSPS) is 12.0. The molecule has 1 atom stereocenters. The van der Waals surface area contributed by atoms with Crippen LogP contribution in [0, 0.1) is 6.92 Å². The van der Waals surface area contributed by atoms with Crippen LogP contribution in [0.1, 0.15) is 43.6 Å². The van der Waals surface area contributed by atoms with E-state index in [0.29, 0.717) is 18.2 Å². The molecule has 1 aromatic heterocycles. The number of rotatable bonds is 9. The van der Waals surface area contributed by atoms with E-state index in [0.717, 1.165) is 29.9 Å². The number of carbonyl (C=O) groups is 1. The van der Waals surface area contributed by atoms with Gasteiger partial charge in [-0.25, -0.2) is 0 Å². The van der Waals surface area contributed by atoms with Crippen LogP contribution in [-0.2, 0) is 16.0 Å². The molecule has 0 amide bonds. The molecule has 0 bridgehead atoms. The summed E-state index contributed by atoms with van der Waals surface area (Å²) >= 11 is 1.43. The summed E-state index contributed by atoms with van der Waals surface area (Å²) in [5.41, 5.74) is 3.33. The molecule has 0 aliphatic carbocycles. The van der Waals surface area contributed by atoms with Gasteiger partial charge in [-0.3, -0.25) is 9.36 Å². The number of aromatic nitrogens is 3. The molecule has 0 saturated carbocycles. The average Bonchev–Trinajstić information content (AvgIpc) is 3.10. The lowest BCUT2D eigenvalue weighted by molar-refractivity contribution is -0.142. The van der Waals surface area contributed by atoms with Gasteiger partial charge in [-0.05, 0) is 43.5 Å². The van der Waals surface area contributed by atoms with Crippen LogP contribution in [-0.4, -0.2) is 32.6 Å². The maximum Gasteiger partial charge on any atom is 0.319 e. The molecule has 3 aromatic rings. The number of thioether (sulfide) groups is 1. The van der Waals surface area contributed by atoms with Gasteiger partial charge in [0.25, 0.3) is 0 Å². The smallest absolute Gasteiger partial charge is 0.319 e. The number of aryl methyl sites for hydroxylation is 1. The number of carbonyl (C=O) groups excluding carboxylic acids is 1. The molecular formula is C23H27N3O2S. The molecular weight excluding hydrogens is 382 g/mol. The van der Waals surface area contributed by atoms with Gasteiger partial charge in [0, 0.05) is 12.1 Å². The summed E-state index contributed by atoms with van der Waals surface area (Å²) in [6.07, 6.45) is 2.30. The molecule has 3 rings (SSSR count). The Morgan fingerprint density at radius 2 is 1.90 bits per heavy atom. The summed E-state index contributed by atoms with van der Waals surface area (Å²) in [6.45, 7) is 6.34. The van der Waals surface area contributed by atoms with Crippen molar-refractivity contribution in [2.75, 3.05) is 6.61 Å². The maximum absolute atomic E-state index is 12.4. The summed E-state index contributed by atoms with van der Waals surface area (Å²) in [5, 5.41) is 9.35. The van der Waals surface area contributed by atoms with Crippen molar-refractivity contribution in [2.24, 2.45) is 0 Å². The van der Waals surface area contributed by atoms with Gasteiger partial charge in [0.2, 0.25) is 0 Å². The quantitative estimate of drug-likeness (QED) is 0.368. The molecule has 152 valence electrons. The fourth-order valence-electron chi connectivity index (χ4n) is 3.15. The van der Waals surface area contributed by atoms with Crippen LogP contribution in [0.2, 0.25) is 0 Å². The SMILES string of the molecule is CCC[C@H](Sc1nnc(Cc2ccccc2)n1-c1cccc(C)c1)C(=O)OCC. The van der Waals surface area contributed by atoms with E-state index in [4.69, 9.17) is 4.74 Å². The summed E-state index contributed by atoms with van der Waals surface area (Å²) in [5.74, 6) is 0.658. The first-order valence-electron chi connectivity index (χ1n) is 10.0. The molecule has 0 fully saturated rings. The van der Waals surface area contributed by atoms with Crippen molar-refractivity contribution in [3.8, 4) is 5.69 Å². The van der Waals surface area contributed by atoms with Crippen LogP contribution in [0.4, 0.5) is 0 Å². The van der Waals surface area contributed by atoms with Crippen molar-refractivity contribution >= 4 is 17.7 Å². The molecule has 0 unspecified atom stereocenters. The molecule has 0 aliphatic rings. The third kappa shape index (κ3) is 5.48. The molecule has 29 heavy (non-hydrogen) atoms. The van der Waals surface area contributed by atoms with Gasteiger partial charge in [-0.1, -0.05) is 67.6 Å². The first kappa shape index (κ1) is 21.1. The Bertz CT molecular complexity index is 940. The topological polar surface area (TPSA) is 57.0 Å². The largest absolute Gasteiger partial charge is 0.465 e. The number of hydrogen-bond donors (Lipinski definition) is 0. The minimum Gasteiger partial charge on any atom is -0.465 e. The zero-order valence-corrected chi connectivity index (χ0v) is 18.0. The van der Waals surface area contributed by atoms with E-state index in [2.05, 4.69) is 52.9 Å². The summed E-state index contributed by atoms with van der Waals surface area (Å²) in [4.78, 5) is 12.4. The van der Waals surface area contributed by atoms with Crippen LogP contribution >= 0.6 is 11.8 Å². The van der Waals surface area contributed by atoms with Gasteiger partial charge in [0.15, 0.2) is 5.16 Å². The van der Waals surface area contributed by atoms with E-state index in [1.54, 1.807) is 0 Å². The van der Waals surface area contributed by atoms with Crippen molar-refractivity contribution in [2.45, 2.75) is 50.4 Å². The van der Waals surface area contributed by atoms with Gasteiger partial charge in [-0.2, -0.15) is 0 Å². The van der Waals surface area contributed by atoms with Gasteiger partial charge in [-0.15, -0.1) is 10.2 Å². The number of nitrogens with zero attached hydrogens (tertiary/aromatic N) is 3. The van der Waals surface area contributed by atoms with Crippen LogP contribution in [0.5, 0.6) is 0 Å². The third-order valence-corrected chi connectivity index (χ3v) is 5.70. The summed E-state index contributed by atoms with van der Waals surface area (Å²) in [7, 11) is 0. The van der Waals surface area contributed by atoms with Crippen LogP contribution in [0.3, 0.4) is 0 Å². The molecule has 0 saturated heterocycles. The second-order valence-corrected chi connectivity index (χ2v) is 8.05. The summed E-state index contributed by atoms with van der Waals surface area (Å²) < 4.78 is 7.34. The molecule has 2 aromatic carbocycles. The first-order valence-corrected chi connectivity index (χ1v) is 10.9. The first-order chi connectivity index (χ1) is 14.1. The Labute approximate surface area is 176 Å². The average molecular weight is 410 g/mol. The van der Waals surface area contributed by atoms with E-state index in [1.807, 2.05) is 37.3 Å². The number of esters is 1. The monoisotopic (exact) mass is 409 g/mol. The second-order valence-electron chi connectivity index (χ2n) is 6.88. The second kappa shape index (κ2) is 10.3. The Morgan fingerprint density at radius 1 is 1.10 bits per heavy atom. The highest BCUT2D eigenvalue weighted by Crippen LogP contribution is 2.30. The van der Waals surface area contributed by atoms with Crippen LogP contribution < -0.4 is 0 Å². The standard InChI is InChI=1S/C23H27N3O2S/c1-4-10-20(22(27)28-5-2)29-23-25-24-21(16-18-12-7-6-8-13-18)26(23)19-14-9-11-17(3)15-19/h6-9,11-15,20H,4-5,10,16H2,1-3H3/t20-/m0/s1. The van der Waals surface area contributed by atoms with Crippen molar-refractivity contribution < 1.29 is 9.53 Å². The fraction of sp³-hybridized carbons (Fsp3) is 0.348. The van der Waals surface area contributed by atoms with Gasteiger partial charge in [0.05, 0.1) is 6.61 Å². The minimum atomic E-state index is -0.294. The van der Waals surface area contributed by atoms with Gasteiger partial charge >= 0.3 is 5.97 Å². The van der Waals surface area contributed by atoms with Gasteiger partial charge < -0.3 is 4.74 Å². The third-order valence-electron chi connectivity index (χ3n) is 4.51. The highest BCUT2D eigenvalue weighted by Gasteiger charge is 2.25. The molecule has 0 spiro atoms. The number of benzene rings is 2. The lowest BCUT2D eigenvalue weighted by Crippen LogP contribution is -2.21. The Morgan fingerprint density at radius 3 is 2.59 bits per heavy atom. The maximum atomic E-state index is 12.4. The fourth-order valence-corrected chi connectivity index (χ4v) is 4.32. The van der Waals surface area contributed by atoms with E-state index in [1.165, 1.54) is 17.3 Å². The molecule has 1 heterocycles. The van der Waals surface area contributed by atoms with Crippen molar-refractivity contribution in [3.63, 3.8) is 0 Å². The molecule has 0 N–H and O–H groups in total. The van der Waals surface area contributed by atoms with E-state index >= 15 is 0 Å². The van der Waals surface area contributed by atoms with Crippen molar-refractivity contribution in [1.29, 1.82) is 0 Å². The minimum absolute atomic E-state index is 0.192. The number of ether oxygens (including phenoxy) is 1. The Balaban J connectivity index is 1.99. The molecule has 5 nitrogen and oxygen atoms in total. The summed E-state index contributed by atoms with van der Waals surface area (Å²) in [6, 6.07) is 18.5. The molecule has 0 radical (unpaired) electrons.